The van der Waals surface area contributed by atoms with Crippen LogP contribution in [0.25, 0.3) is 6.08 Å². The SMILES string of the molecule is COc1ccc(/C=C2/SC(=O)N(CCC(=O)Nc3ccc(C(=O)O)cc3)C2=S)cc1. The summed E-state index contributed by atoms with van der Waals surface area (Å²) < 4.78 is 5.13. The molecule has 3 rings (SSSR count). The first-order valence-electron chi connectivity index (χ1n) is 8.90. The molecular weight excluding hydrogens is 424 g/mol. The molecule has 0 saturated carbocycles. The van der Waals surface area contributed by atoms with Gasteiger partial charge in [-0.15, -0.1) is 0 Å². The van der Waals surface area contributed by atoms with Crippen LogP contribution in [-0.2, 0) is 4.79 Å². The molecule has 2 aromatic carbocycles. The van der Waals surface area contributed by atoms with E-state index in [1.165, 1.54) is 29.2 Å². The first-order valence-corrected chi connectivity index (χ1v) is 10.1. The smallest absolute Gasteiger partial charge is 0.335 e. The number of anilines is 1. The highest BCUT2D eigenvalue weighted by Gasteiger charge is 2.31. The van der Waals surface area contributed by atoms with E-state index in [0.717, 1.165) is 23.1 Å². The van der Waals surface area contributed by atoms with E-state index in [9.17, 15) is 14.4 Å². The van der Waals surface area contributed by atoms with Gasteiger partial charge in [0.2, 0.25) is 5.91 Å². The van der Waals surface area contributed by atoms with E-state index in [4.69, 9.17) is 22.1 Å². The fourth-order valence-electron chi connectivity index (χ4n) is 2.68. The molecule has 2 amide bonds. The Morgan fingerprint density at radius 3 is 2.43 bits per heavy atom. The second kappa shape index (κ2) is 9.55. The van der Waals surface area contributed by atoms with Crippen molar-refractivity contribution in [2.24, 2.45) is 0 Å². The first-order chi connectivity index (χ1) is 14.4. The van der Waals surface area contributed by atoms with Gasteiger partial charge < -0.3 is 15.2 Å². The van der Waals surface area contributed by atoms with Gasteiger partial charge in [0.05, 0.1) is 17.6 Å². The van der Waals surface area contributed by atoms with E-state index >= 15 is 0 Å². The van der Waals surface area contributed by atoms with Gasteiger partial charge in [-0.25, -0.2) is 4.79 Å². The Kier molecular flexibility index (Phi) is 6.86. The van der Waals surface area contributed by atoms with E-state index < -0.39 is 5.97 Å². The molecule has 1 aliphatic rings. The summed E-state index contributed by atoms with van der Waals surface area (Å²) in [5.41, 5.74) is 1.50. The Morgan fingerprint density at radius 2 is 1.83 bits per heavy atom. The van der Waals surface area contributed by atoms with Gasteiger partial charge in [0.1, 0.15) is 10.7 Å². The van der Waals surface area contributed by atoms with Crippen LogP contribution >= 0.6 is 24.0 Å². The summed E-state index contributed by atoms with van der Waals surface area (Å²) >= 11 is 6.45. The van der Waals surface area contributed by atoms with Gasteiger partial charge in [-0.2, -0.15) is 0 Å². The van der Waals surface area contributed by atoms with Gasteiger partial charge in [0.15, 0.2) is 0 Å². The number of rotatable bonds is 7. The summed E-state index contributed by atoms with van der Waals surface area (Å²) in [5.74, 6) is -0.601. The van der Waals surface area contributed by atoms with Crippen molar-refractivity contribution >= 4 is 57.8 Å². The molecule has 0 radical (unpaired) electrons. The number of carbonyl (C=O) groups excluding carboxylic acids is 2. The van der Waals surface area contributed by atoms with Gasteiger partial charge >= 0.3 is 5.97 Å². The first kappa shape index (κ1) is 21.5. The second-order valence-corrected chi connectivity index (χ2v) is 7.67. The van der Waals surface area contributed by atoms with Crippen LogP contribution in [0.1, 0.15) is 22.3 Å². The molecule has 1 aliphatic heterocycles. The van der Waals surface area contributed by atoms with Crippen molar-refractivity contribution in [3.63, 3.8) is 0 Å². The lowest BCUT2D eigenvalue weighted by Crippen LogP contribution is -2.30. The van der Waals surface area contributed by atoms with Crippen molar-refractivity contribution in [2.75, 3.05) is 19.0 Å². The number of hydrogen-bond acceptors (Lipinski definition) is 6. The molecule has 2 aromatic rings. The zero-order chi connectivity index (χ0) is 21.7. The Hall–Kier alpha value is -3.17. The monoisotopic (exact) mass is 442 g/mol. The molecule has 1 heterocycles. The zero-order valence-electron chi connectivity index (χ0n) is 16.0. The molecule has 0 atom stereocenters. The topological polar surface area (TPSA) is 95.9 Å². The van der Waals surface area contributed by atoms with Crippen LogP contribution in [0.3, 0.4) is 0 Å². The van der Waals surface area contributed by atoms with Crippen LogP contribution in [-0.4, -0.2) is 45.8 Å². The minimum absolute atomic E-state index is 0.0585. The average molecular weight is 443 g/mol. The fraction of sp³-hybridized carbons (Fsp3) is 0.143. The number of aromatic carboxylic acids is 1. The minimum Gasteiger partial charge on any atom is -0.497 e. The number of amides is 2. The van der Waals surface area contributed by atoms with Crippen molar-refractivity contribution < 1.29 is 24.2 Å². The molecule has 1 fully saturated rings. The van der Waals surface area contributed by atoms with Crippen molar-refractivity contribution in [3.05, 3.63) is 64.6 Å². The second-order valence-electron chi connectivity index (χ2n) is 6.29. The number of benzene rings is 2. The number of methoxy groups -OCH3 is 1. The number of thiocarbonyl (C=S) groups is 1. The third-order valence-electron chi connectivity index (χ3n) is 4.27. The van der Waals surface area contributed by atoms with E-state index in [0.29, 0.717) is 15.6 Å². The van der Waals surface area contributed by atoms with E-state index in [1.54, 1.807) is 7.11 Å². The predicted octanol–water partition coefficient (Wildman–Crippen LogP) is 4.26. The Balaban J connectivity index is 1.57. The average Bonchev–Trinajstić information content (AvgIpc) is 3.00. The summed E-state index contributed by atoms with van der Waals surface area (Å²) in [6.07, 6.45) is 1.89. The van der Waals surface area contributed by atoms with Gasteiger partial charge in [-0.1, -0.05) is 24.4 Å². The van der Waals surface area contributed by atoms with Crippen molar-refractivity contribution in [3.8, 4) is 5.75 Å². The summed E-state index contributed by atoms with van der Waals surface area (Å²) in [6.45, 7) is 0.156. The molecule has 0 spiro atoms. The maximum absolute atomic E-state index is 12.3. The summed E-state index contributed by atoms with van der Waals surface area (Å²) in [4.78, 5) is 37.8. The van der Waals surface area contributed by atoms with Crippen molar-refractivity contribution in [1.82, 2.24) is 4.90 Å². The quantitative estimate of drug-likeness (QED) is 0.489. The molecule has 7 nitrogen and oxygen atoms in total. The molecule has 9 heteroatoms. The third-order valence-corrected chi connectivity index (χ3v) is 5.76. The number of hydrogen-bond donors (Lipinski definition) is 2. The Morgan fingerprint density at radius 1 is 1.17 bits per heavy atom. The number of carboxylic acid groups (broad SMARTS) is 1. The van der Waals surface area contributed by atoms with Gasteiger partial charge in [0.25, 0.3) is 5.24 Å². The number of thioether (sulfide) groups is 1. The highest BCUT2D eigenvalue weighted by atomic mass is 32.2. The van der Waals surface area contributed by atoms with E-state index in [-0.39, 0.29) is 29.7 Å². The summed E-state index contributed by atoms with van der Waals surface area (Å²) in [6, 6.07) is 13.2. The predicted molar refractivity (Wildman–Crippen MR) is 120 cm³/mol. The van der Waals surface area contributed by atoms with Crippen LogP contribution in [0.5, 0.6) is 5.75 Å². The molecule has 0 unspecified atom stereocenters. The van der Waals surface area contributed by atoms with Gasteiger partial charge in [-0.05, 0) is 59.8 Å². The molecule has 2 N–H and O–H groups in total. The number of ether oxygens (including phenoxy) is 1. The molecule has 1 saturated heterocycles. The normalized spacial score (nSPS) is 14.8. The van der Waals surface area contributed by atoms with Gasteiger partial charge in [0, 0.05) is 18.7 Å². The van der Waals surface area contributed by atoms with Crippen molar-refractivity contribution in [1.29, 1.82) is 0 Å². The maximum Gasteiger partial charge on any atom is 0.335 e. The van der Waals surface area contributed by atoms with Gasteiger partial charge in [-0.3, -0.25) is 14.5 Å². The lowest BCUT2D eigenvalue weighted by Gasteiger charge is -2.14. The lowest BCUT2D eigenvalue weighted by molar-refractivity contribution is -0.116. The third kappa shape index (κ3) is 5.25. The summed E-state index contributed by atoms with van der Waals surface area (Å²) in [7, 11) is 1.59. The van der Waals surface area contributed by atoms with Crippen LogP contribution in [0.2, 0.25) is 0 Å². The summed E-state index contributed by atoms with van der Waals surface area (Å²) in [5, 5.41) is 11.4. The number of carbonyl (C=O) groups is 3. The molecule has 0 aromatic heterocycles. The molecule has 30 heavy (non-hydrogen) atoms. The largest absolute Gasteiger partial charge is 0.497 e. The van der Waals surface area contributed by atoms with Crippen LogP contribution in [0, 0.1) is 0 Å². The minimum atomic E-state index is -1.04. The number of carboxylic acids is 1. The Labute approximate surface area is 182 Å². The highest BCUT2D eigenvalue weighted by Crippen LogP contribution is 2.33. The number of nitrogens with one attached hydrogen (secondary N) is 1. The standard InChI is InChI=1S/C21H18N2O5S2/c1-28-16-8-2-13(3-9-16)12-17-19(29)23(21(27)30-17)11-10-18(24)22-15-6-4-14(5-7-15)20(25)26/h2-9,12H,10-11H2,1H3,(H,22,24)(H,25,26)/b17-12+. The molecule has 154 valence electrons. The molecule has 0 aliphatic carbocycles. The number of nitrogens with zero attached hydrogens (tertiary/aromatic N) is 1. The molecule has 0 bridgehead atoms. The Bertz CT molecular complexity index is 1020. The van der Waals surface area contributed by atoms with Crippen molar-refractivity contribution in [2.45, 2.75) is 6.42 Å². The van der Waals surface area contributed by atoms with E-state index in [2.05, 4.69) is 5.32 Å². The van der Waals surface area contributed by atoms with Crippen LogP contribution in [0.4, 0.5) is 10.5 Å². The fourth-order valence-corrected chi connectivity index (χ4v) is 3.97. The lowest BCUT2D eigenvalue weighted by atomic mass is 10.2. The maximum atomic E-state index is 12.3. The zero-order valence-corrected chi connectivity index (χ0v) is 17.6. The van der Waals surface area contributed by atoms with Crippen LogP contribution in [0.15, 0.2) is 53.4 Å². The highest BCUT2D eigenvalue weighted by molar-refractivity contribution is 8.19. The van der Waals surface area contributed by atoms with Crippen LogP contribution < -0.4 is 10.1 Å². The van der Waals surface area contributed by atoms with E-state index in [1.807, 2.05) is 30.3 Å². The molecular formula is C21H18N2O5S2.